The number of carboxylic acid groups (broad SMARTS) is 1. The molecule has 0 amide bonds. The topological polar surface area (TPSA) is 50.2 Å². The zero-order valence-corrected chi connectivity index (χ0v) is 6.31. The van der Waals surface area contributed by atoms with Crippen LogP contribution < -0.4 is 0 Å². The standard InChI is InChI=1S/C6H7NO2S/c1-4-3-10-7-5(4)2-6(8)9/h3H,2H2,1H3,(H,8,9). The van der Waals surface area contributed by atoms with Crippen molar-refractivity contribution in [1.29, 1.82) is 0 Å². The molecule has 0 unspecified atom stereocenters. The van der Waals surface area contributed by atoms with Crippen LogP contribution in [0, 0.1) is 6.92 Å². The zero-order chi connectivity index (χ0) is 7.56. The predicted molar refractivity (Wildman–Crippen MR) is 38.2 cm³/mol. The molecule has 0 fully saturated rings. The van der Waals surface area contributed by atoms with Crippen molar-refractivity contribution in [2.24, 2.45) is 0 Å². The number of aryl methyl sites for hydroxylation is 1. The van der Waals surface area contributed by atoms with Gasteiger partial charge in [-0.1, -0.05) is 0 Å². The Kier molecular flexibility index (Phi) is 2.01. The summed E-state index contributed by atoms with van der Waals surface area (Å²) in [5.74, 6) is -0.825. The highest BCUT2D eigenvalue weighted by Gasteiger charge is 2.05. The van der Waals surface area contributed by atoms with E-state index >= 15 is 0 Å². The third-order valence-corrected chi connectivity index (χ3v) is 1.95. The van der Waals surface area contributed by atoms with Gasteiger partial charge >= 0.3 is 5.97 Å². The van der Waals surface area contributed by atoms with Gasteiger partial charge in [0.1, 0.15) is 0 Å². The van der Waals surface area contributed by atoms with Gasteiger partial charge in [0.15, 0.2) is 0 Å². The van der Waals surface area contributed by atoms with Gasteiger partial charge in [-0.2, -0.15) is 4.37 Å². The van der Waals surface area contributed by atoms with Crippen LogP contribution in [0.3, 0.4) is 0 Å². The number of carbonyl (C=O) groups is 1. The van der Waals surface area contributed by atoms with Crippen molar-refractivity contribution in [3.63, 3.8) is 0 Å². The third kappa shape index (κ3) is 1.54. The van der Waals surface area contributed by atoms with Gasteiger partial charge in [0.25, 0.3) is 0 Å². The molecule has 0 atom stereocenters. The first-order valence-electron chi connectivity index (χ1n) is 2.82. The number of hydrogen-bond acceptors (Lipinski definition) is 3. The summed E-state index contributed by atoms with van der Waals surface area (Å²) < 4.78 is 3.92. The summed E-state index contributed by atoms with van der Waals surface area (Å²) >= 11 is 1.29. The molecule has 1 aromatic heterocycles. The van der Waals surface area contributed by atoms with Crippen molar-refractivity contribution in [3.05, 3.63) is 16.6 Å². The summed E-state index contributed by atoms with van der Waals surface area (Å²) in [6.45, 7) is 1.86. The van der Waals surface area contributed by atoms with Crippen molar-refractivity contribution in [1.82, 2.24) is 4.37 Å². The van der Waals surface area contributed by atoms with Gasteiger partial charge in [-0.15, -0.1) is 0 Å². The van der Waals surface area contributed by atoms with Crippen molar-refractivity contribution in [2.75, 3.05) is 0 Å². The van der Waals surface area contributed by atoms with E-state index in [1.807, 2.05) is 12.3 Å². The van der Waals surface area contributed by atoms with Gasteiger partial charge in [0.2, 0.25) is 0 Å². The molecule has 1 N–H and O–H groups in total. The number of aromatic nitrogens is 1. The number of nitrogens with zero attached hydrogens (tertiary/aromatic N) is 1. The molecule has 0 aliphatic carbocycles. The predicted octanol–water partition coefficient (Wildman–Crippen LogP) is 1.08. The highest BCUT2D eigenvalue weighted by molar-refractivity contribution is 7.03. The molecule has 54 valence electrons. The summed E-state index contributed by atoms with van der Waals surface area (Å²) in [4.78, 5) is 10.2. The van der Waals surface area contributed by atoms with E-state index in [4.69, 9.17) is 5.11 Å². The highest BCUT2D eigenvalue weighted by atomic mass is 32.1. The van der Waals surface area contributed by atoms with E-state index in [0.717, 1.165) is 5.56 Å². The van der Waals surface area contributed by atoms with Crippen LogP contribution in [-0.2, 0) is 11.2 Å². The number of aliphatic carboxylic acids is 1. The van der Waals surface area contributed by atoms with E-state index in [2.05, 4.69) is 4.37 Å². The molecule has 0 radical (unpaired) electrons. The number of rotatable bonds is 2. The third-order valence-electron chi connectivity index (χ3n) is 1.17. The van der Waals surface area contributed by atoms with Gasteiger partial charge in [0.05, 0.1) is 12.1 Å². The first-order chi connectivity index (χ1) is 4.70. The highest BCUT2D eigenvalue weighted by Crippen LogP contribution is 2.08. The second-order valence-corrected chi connectivity index (χ2v) is 2.64. The Balaban J connectivity index is 2.74. The van der Waals surface area contributed by atoms with Crippen LogP contribution in [0.4, 0.5) is 0 Å². The maximum atomic E-state index is 10.2. The lowest BCUT2D eigenvalue weighted by Gasteiger charge is -1.89. The molecule has 0 aliphatic rings. The van der Waals surface area contributed by atoms with Crippen LogP contribution in [0.15, 0.2) is 5.38 Å². The Bertz CT molecular complexity index is 244. The Hall–Kier alpha value is -0.900. The summed E-state index contributed by atoms with van der Waals surface area (Å²) in [6, 6.07) is 0. The average Bonchev–Trinajstić information content (AvgIpc) is 2.15. The van der Waals surface area contributed by atoms with Crippen LogP contribution in [0.2, 0.25) is 0 Å². The fourth-order valence-corrected chi connectivity index (χ4v) is 1.31. The van der Waals surface area contributed by atoms with Crippen molar-refractivity contribution >= 4 is 17.5 Å². The van der Waals surface area contributed by atoms with Crippen LogP contribution in [0.5, 0.6) is 0 Å². The molecule has 1 aromatic rings. The van der Waals surface area contributed by atoms with E-state index in [9.17, 15) is 4.79 Å². The zero-order valence-electron chi connectivity index (χ0n) is 5.50. The van der Waals surface area contributed by atoms with Gasteiger partial charge in [0, 0.05) is 5.38 Å². The monoisotopic (exact) mass is 157 g/mol. The Morgan fingerprint density at radius 2 is 2.60 bits per heavy atom. The van der Waals surface area contributed by atoms with Crippen molar-refractivity contribution < 1.29 is 9.90 Å². The average molecular weight is 157 g/mol. The van der Waals surface area contributed by atoms with Gasteiger partial charge in [-0.25, -0.2) is 0 Å². The van der Waals surface area contributed by atoms with E-state index in [0.29, 0.717) is 5.69 Å². The minimum atomic E-state index is -0.825. The minimum absolute atomic E-state index is 0.0370. The lowest BCUT2D eigenvalue weighted by atomic mass is 10.2. The van der Waals surface area contributed by atoms with E-state index in [1.54, 1.807) is 0 Å². The Morgan fingerprint density at radius 1 is 1.90 bits per heavy atom. The van der Waals surface area contributed by atoms with E-state index in [1.165, 1.54) is 11.5 Å². The van der Waals surface area contributed by atoms with Crippen molar-refractivity contribution in [3.8, 4) is 0 Å². The first kappa shape index (κ1) is 7.21. The molecule has 4 heteroatoms. The Morgan fingerprint density at radius 3 is 3.00 bits per heavy atom. The van der Waals surface area contributed by atoms with E-state index in [-0.39, 0.29) is 6.42 Å². The minimum Gasteiger partial charge on any atom is -0.481 e. The van der Waals surface area contributed by atoms with Gasteiger partial charge in [-0.3, -0.25) is 4.79 Å². The summed E-state index contributed by atoms with van der Waals surface area (Å²) in [6.07, 6.45) is 0.0370. The van der Waals surface area contributed by atoms with Crippen LogP contribution in [-0.4, -0.2) is 15.4 Å². The lowest BCUT2D eigenvalue weighted by molar-refractivity contribution is -0.136. The fourth-order valence-electron chi connectivity index (χ4n) is 0.624. The quantitative estimate of drug-likeness (QED) is 0.698. The second-order valence-electron chi connectivity index (χ2n) is 2.01. The molecule has 1 heterocycles. The van der Waals surface area contributed by atoms with Gasteiger partial charge < -0.3 is 5.11 Å². The number of hydrogen-bond donors (Lipinski definition) is 1. The molecule has 0 aliphatic heterocycles. The summed E-state index contributed by atoms with van der Waals surface area (Å²) in [5, 5.41) is 10.2. The number of carboxylic acids is 1. The lowest BCUT2D eigenvalue weighted by Crippen LogP contribution is -2.01. The normalized spacial score (nSPS) is 9.70. The molecule has 0 saturated carbocycles. The van der Waals surface area contributed by atoms with E-state index < -0.39 is 5.97 Å². The molecule has 10 heavy (non-hydrogen) atoms. The summed E-state index contributed by atoms with van der Waals surface area (Å²) in [7, 11) is 0. The molecule has 0 aromatic carbocycles. The van der Waals surface area contributed by atoms with Crippen LogP contribution in [0.25, 0.3) is 0 Å². The molecular weight excluding hydrogens is 150 g/mol. The maximum absolute atomic E-state index is 10.2. The molecular formula is C6H7NO2S. The first-order valence-corrected chi connectivity index (χ1v) is 3.65. The van der Waals surface area contributed by atoms with Crippen molar-refractivity contribution in [2.45, 2.75) is 13.3 Å². The maximum Gasteiger partial charge on any atom is 0.309 e. The smallest absolute Gasteiger partial charge is 0.309 e. The SMILES string of the molecule is Cc1csnc1CC(=O)O. The second kappa shape index (κ2) is 2.79. The van der Waals surface area contributed by atoms with Crippen LogP contribution in [0.1, 0.15) is 11.3 Å². The molecule has 1 rings (SSSR count). The molecule has 0 spiro atoms. The van der Waals surface area contributed by atoms with Gasteiger partial charge in [-0.05, 0) is 24.0 Å². The van der Waals surface area contributed by atoms with Crippen LogP contribution >= 0.6 is 11.5 Å². The Labute approximate surface area is 62.5 Å². The summed E-state index contributed by atoms with van der Waals surface area (Å²) in [5.41, 5.74) is 1.64. The fraction of sp³-hybridized carbons (Fsp3) is 0.333. The molecule has 0 bridgehead atoms. The molecule has 0 saturated heterocycles. The largest absolute Gasteiger partial charge is 0.481 e. The molecule has 3 nitrogen and oxygen atoms in total.